The summed E-state index contributed by atoms with van der Waals surface area (Å²) < 4.78 is 0. The van der Waals surface area contributed by atoms with E-state index in [-0.39, 0.29) is 17.7 Å². The third-order valence-electron chi connectivity index (χ3n) is 5.18. The Hall–Kier alpha value is -4.32. The van der Waals surface area contributed by atoms with Crippen LogP contribution in [0.3, 0.4) is 0 Å². The number of carbonyl (C=O) groups excluding carboxylic acids is 1. The number of nitriles is 1. The maximum atomic E-state index is 12.3. The number of carbonyl (C=O) groups is 1. The molecule has 9 nitrogen and oxygen atoms in total. The lowest BCUT2D eigenvalue weighted by molar-refractivity contribution is -0.117. The van der Waals surface area contributed by atoms with E-state index in [1.807, 2.05) is 18.2 Å². The molecule has 9 heteroatoms. The first-order valence-corrected chi connectivity index (χ1v) is 9.35. The van der Waals surface area contributed by atoms with Crippen LogP contribution in [0.15, 0.2) is 49.1 Å². The molecule has 4 aromatic rings. The number of pyridine rings is 3. The van der Waals surface area contributed by atoms with Gasteiger partial charge in [0.1, 0.15) is 11.6 Å². The second-order valence-electron chi connectivity index (χ2n) is 7.14. The molecule has 0 aromatic carbocycles. The van der Waals surface area contributed by atoms with Crippen molar-refractivity contribution in [1.29, 1.82) is 5.26 Å². The Balaban J connectivity index is 1.54. The maximum absolute atomic E-state index is 12.3. The summed E-state index contributed by atoms with van der Waals surface area (Å²) in [6.45, 7) is 0. The van der Waals surface area contributed by atoms with Crippen LogP contribution in [0.25, 0.3) is 33.3 Å². The third-order valence-corrected chi connectivity index (χ3v) is 5.18. The van der Waals surface area contributed by atoms with E-state index in [9.17, 15) is 4.79 Å². The number of hydrogen-bond donors (Lipinski definition) is 3. The predicted octanol–water partition coefficient (Wildman–Crippen LogP) is 2.76. The SMILES string of the molecule is N#C[C@@H]1C[C@H]1C(=O)Nc1cc2cc(-c3cnccc3-c3ccn[nH]3)nc(N)c2cn1. The largest absolute Gasteiger partial charge is 0.383 e. The quantitative estimate of drug-likeness (QED) is 0.480. The Morgan fingerprint density at radius 3 is 2.90 bits per heavy atom. The van der Waals surface area contributed by atoms with E-state index in [1.54, 1.807) is 30.9 Å². The van der Waals surface area contributed by atoms with Crippen molar-refractivity contribution in [2.75, 3.05) is 11.1 Å². The molecule has 0 unspecified atom stereocenters. The molecule has 0 bridgehead atoms. The highest BCUT2D eigenvalue weighted by Crippen LogP contribution is 2.38. The number of fused-ring (bicyclic) bond motifs is 1. The molecule has 1 amide bonds. The van der Waals surface area contributed by atoms with Crippen molar-refractivity contribution in [3.8, 4) is 28.6 Å². The first-order chi connectivity index (χ1) is 14.6. The number of amides is 1. The van der Waals surface area contributed by atoms with Gasteiger partial charge in [0.25, 0.3) is 0 Å². The molecule has 4 heterocycles. The topological polar surface area (TPSA) is 146 Å². The zero-order valence-corrected chi connectivity index (χ0v) is 15.7. The number of H-pyrrole nitrogens is 1. The molecule has 0 aliphatic heterocycles. The van der Waals surface area contributed by atoms with Crippen molar-refractivity contribution in [3.63, 3.8) is 0 Å². The third kappa shape index (κ3) is 3.10. The number of nitrogens with two attached hydrogens (primary N) is 1. The Morgan fingerprint density at radius 1 is 1.23 bits per heavy atom. The van der Waals surface area contributed by atoms with Gasteiger partial charge in [-0.05, 0) is 36.1 Å². The van der Waals surface area contributed by atoms with Crippen molar-refractivity contribution < 1.29 is 4.79 Å². The molecule has 146 valence electrons. The Morgan fingerprint density at radius 2 is 2.13 bits per heavy atom. The lowest BCUT2D eigenvalue weighted by atomic mass is 10.0. The van der Waals surface area contributed by atoms with Gasteiger partial charge in [0.15, 0.2) is 0 Å². The van der Waals surface area contributed by atoms with E-state index >= 15 is 0 Å². The van der Waals surface area contributed by atoms with Crippen LogP contribution < -0.4 is 11.1 Å². The van der Waals surface area contributed by atoms with Crippen LogP contribution in [0.2, 0.25) is 0 Å². The number of anilines is 2. The molecule has 1 aliphatic rings. The van der Waals surface area contributed by atoms with E-state index in [2.05, 4.69) is 36.5 Å². The molecule has 1 saturated carbocycles. The lowest BCUT2D eigenvalue weighted by Crippen LogP contribution is -2.15. The molecule has 4 N–H and O–H groups in total. The highest BCUT2D eigenvalue weighted by atomic mass is 16.2. The van der Waals surface area contributed by atoms with Gasteiger partial charge in [-0.3, -0.25) is 14.9 Å². The average Bonchev–Trinajstić information content (AvgIpc) is 3.36. The number of nitrogens with one attached hydrogen (secondary N) is 2. The molecule has 4 aromatic heterocycles. The number of aromatic nitrogens is 5. The van der Waals surface area contributed by atoms with Crippen LogP contribution >= 0.6 is 0 Å². The fourth-order valence-electron chi connectivity index (χ4n) is 3.47. The Bertz CT molecular complexity index is 1310. The number of nitrogen functional groups attached to an aromatic ring is 1. The van der Waals surface area contributed by atoms with Gasteiger partial charge in [0, 0.05) is 41.3 Å². The van der Waals surface area contributed by atoms with Crippen molar-refractivity contribution in [3.05, 3.63) is 49.1 Å². The van der Waals surface area contributed by atoms with Crippen molar-refractivity contribution in [1.82, 2.24) is 25.1 Å². The number of rotatable bonds is 4. The van der Waals surface area contributed by atoms with Gasteiger partial charge in [-0.15, -0.1) is 0 Å². The minimum atomic E-state index is -0.266. The average molecular weight is 396 g/mol. The fraction of sp³-hybridized carbons (Fsp3) is 0.143. The van der Waals surface area contributed by atoms with E-state index < -0.39 is 0 Å². The van der Waals surface area contributed by atoms with Gasteiger partial charge >= 0.3 is 0 Å². The highest BCUT2D eigenvalue weighted by Gasteiger charge is 2.43. The number of aromatic amines is 1. The molecule has 5 rings (SSSR count). The van der Waals surface area contributed by atoms with Gasteiger partial charge < -0.3 is 11.1 Å². The summed E-state index contributed by atoms with van der Waals surface area (Å²) in [6, 6.07) is 9.50. The van der Waals surface area contributed by atoms with Crippen molar-refractivity contribution in [2.24, 2.45) is 11.8 Å². The van der Waals surface area contributed by atoms with E-state index in [0.29, 0.717) is 29.1 Å². The zero-order valence-electron chi connectivity index (χ0n) is 15.7. The van der Waals surface area contributed by atoms with Gasteiger partial charge in [-0.25, -0.2) is 9.97 Å². The summed E-state index contributed by atoms with van der Waals surface area (Å²) in [7, 11) is 0. The summed E-state index contributed by atoms with van der Waals surface area (Å²) in [5.74, 6) is 0.0809. The van der Waals surface area contributed by atoms with Crippen LogP contribution in [0.1, 0.15) is 6.42 Å². The second-order valence-corrected chi connectivity index (χ2v) is 7.14. The fourth-order valence-corrected chi connectivity index (χ4v) is 3.47. The van der Waals surface area contributed by atoms with Gasteiger partial charge in [-0.2, -0.15) is 10.4 Å². The molecular weight excluding hydrogens is 380 g/mol. The number of nitrogens with zero attached hydrogens (tertiary/aromatic N) is 5. The van der Waals surface area contributed by atoms with E-state index in [1.165, 1.54) is 0 Å². The Labute approximate surface area is 171 Å². The van der Waals surface area contributed by atoms with E-state index in [0.717, 1.165) is 22.2 Å². The molecule has 1 aliphatic carbocycles. The minimum absolute atomic E-state index is 0.190. The summed E-state index contributed by atoms with van der Waals surface area (Å²) in [5.41, 5.74) is 9.37. The van der Waals surface area contributed by atoms with Crippen molar-refractivity contribution in [2.45, 2.75) is 6.42 Å². The van der Waals surface area contributed by atoms with Gasteiger partial charge in [-0.1, -0.05) is 0 Å². The first kappa shape index (κ1) is 17.8. The van der Waals surface area contributed by atoms with Crippen LogP contribution in [0, 0.1) is 23.2 Å². The van der Waals surface area contributed by atoms with Crippen molar-refractivity contribution >= 4 is 28.3 Å². The summed E-state index contributed by atoms with van der Waals surface area (Å²) in [5, 5.41) is 20.1. The zero-order chi connectivity index (χ0) is 20.7. The number of hydrogen-bond acceptors (Lipinski definition) is 7. The van der Waals surface area contributed by atoms with Crippen LogP contribution in [0.4, 0.5) is 11.6 Å². The van der Waals surface area contributed by atoms with Crippen LogP contribution in [-0.4, -0.2) is 31.1 Å². The molecule has 0 saturated heterocycles. The van der Waals surface area contributed by atoms with Crippen LogP contribution in [-0.2, 0) is 4.79 Å². The lowest BCUT2D eigenvalue weighted by Gasteiger charge is -2.11. The monoisotopic (exact) mass is 396 g/mol. The summed E-state index contributed by atoms with van der Waals surface area (Å²) in [4.78, 5) is 25.3. The molecule has 0 radical (unpaired) electrons. The summed E-state index contributed by atoms with van der Waals surface area (Å²) >= 11 is 0. The van der Waals surface area contributed by atoms with Crippen LogP contribution in [0.5, 0.6) is 0 Å². The molecule has 0 spiro atoms. The predicted molar refractivity (Wildman–Crippen MR) is 111 cm³/mol. The summed E-state index contributed by atoms with van der Waals surface area (Å²) in [6.07, 6.45) is 7.29. The highest BCUT2D eigenvalue weighted by molar-refractivity contribution is 5.99. The normalized spacial score (nSPS) is 17.4. The maximum Gasteiger partial charge on any atom is 0.230 e. The van der Waals surface area contributed by atoms with Gasteiger partial charge in [0.2, 0.25) is 5.91 Å². The van der Waals surface area contributed by atoms with Gasteiger partial charge in [0.05, 0.1) is 29.3 Å². The molecule has 2 atom stereocenters. The first-order valence-electron chi connectivity index (χ1n) is 9.35. The standard InChI is InChI=1S/C21H16N8O/c22-8-12-5-14(12)21(30)28-19-7-11-6-18(27-20(23)15(11)10-25-19)16-9-24-3-1-13(16)17-2-4-26-29-17/h1-4,6-7,9-10,12,14H,5H2,(H2,23,27)(H,26,29)(H,25,28,30)/t12-,14+/m0/s1. The minimum Gasteiger partial charge on any atom is -0.383 e. The smallest absolute Gasteiger partial charge is 0.230 e. The molecular formula is C21H16N8O. The molecule has 30 heavy (non-hydrogen) atoms. The van der Waals surface area contributed by atoms with E-state index in [4.69, 9.17) is 11.0 Å². The Kier molecular flexibility index (Phi) is 4.10. The second kappa shape index (κ2) is 6.93. The molecule has 1 fully saturated rings.